The second-order valence-corrected chi connectivity index (χ2v) is 10.4. The number of likely N-dealkylation sites (tertiary alicyclic amines) is 1. The molecule has 0 radical (unpaired) electrons. The van der Waals surface area contributed by atoms with Crippen molar-refractivity contribution in [1.29, 1.82) is 0 Å². The molecule has 188 valence electrons. The number of benzene rings is 1. The molecule has 1 aliphatic rings. The summed E-state index contributed by atoms with van der Waals surface area (Å²) in [5.74, 6) is -0.136. The number of amides is 3. The summed E-state index contributed by atoms with van der Waals surface area (Å²) in [7, 11) is 0. The quantitative estimate of drug-likeness (QED) is 0.528. The molecule has 0 saturated carbocycles. The lowest BCUT2D eigenvalue weighted by molar-refractivity contribution is -0.127. The Kier molecular flexibility index (Phi) is 10.6. The molecule has 0 aliphatic carbocycles. The fraction of sp³-hybridized carbons (Fsp3) is 0.593. The van der Waals surface area contributed by atoms with Gasteiger partial charge in [0.15, 0.2) is 0 Å². The topological polar surface area (TPSA) is 87.7 Å². The Hall–Kier alpha value is -2.83. The Balaban J connectivity index is 2.13. The molecule has 1 fully saturated rings. The van der Waals surface area contributed by atoms with E-state index in [0.717, 1.165) is 37.9 Å². The van der Waals surface area contributed by atoms with Gasteiger partial charge in [0.2, 0.25) is 11.8 Å². The van der Waals surface area contributed by atoms with Gasteiger partial charge >= 0.3 is 6.09 Å². The lowest BCUT2D eigenvalue weighted by Gasteiger charge is -2.26. The van der Waals surface area contributed by atoms with Gasteiger partial charge in [0, 0.05) is 19.2 Å². The van der Waals surface area contributed by atoms with Gasteiger partial charge in [-0.05, 0) is 64.4 Å². The van der Waals surface area contributed by atoms with Crippen molar-refractivity contribution >= 4 is 17.9 Å². The van der Waals surface area contributed by atoms with E-state index in [0.29, 0.717) is 12.8 Å². The van der Waals surface area contributed by atoms with E-state index in [2.05, 4.69) is 10.6 Å². The van der Waals surface area contributed by atoms with E-state index in [1.165, 1.54) is 0 Å². The van der Waals surface area contributed by atoms with Gasteiger partial charge in [-0.1, -0.05) is 50.3 Å². The summed E-state index contributed by atoms with van der Waals surface area (Å²) >= 11 is 0. The molecule has 1 heterocycles. The summed E-state index contributed by atoms with van der Waals surface area (Å²) in [6, 6.07) is 8.69. The van der Waals surface area contributed by atoms with Crippen molar-refractivity contribution in [2.45, 2.75) is 84.4 Å². The summed E-state index contributed by atoms with van der Waals surface area (Å²) in [4.78, 5) is 40.1. The molecule has 2 N–H and O–H groups in total. The molecule has 1 aromatic carbocycles. The van der Waals surface area contributed by atoms with Crippen LogP contribution in [0.3, 0.4) is 0 Å². The minimum atomic E-state index is -0.737. The number of rotatable bonds is 9. The van der Waals surface area contributed by atoms with Crippen LogP contribution in [0.25, 0.3) is 0 Å². The Labute approximate surface area is 204 Å². The highest BCUT2D eigenvalue weighted by molar-refractivity contribution is 5.88. The van der Waals surface area contributed by atoms with Crippen LogP contribution in [0.1, 0.15) is 65.9 Å². The van der Waals surface area contributed by atoms with E-state index >= 15 is 0 Å². The molecule has 1 saturated heterocycles. The van der Waals surface area contributed by atoms with E-state index in [4.69, 9.17) is 4.74 Å². The van der Waals surface area contributed by atoms with Crippen LogP contribution in [0.2, 0.25) is 0 Å². The maximum Gasteiger partial charge on any atom is 0.408 e. The van der Waals surface area contributed by atoms with Gasteiger partial charge in [-0.25, -0.2) is 4.79 Å². The molecule has 34 heavy (non-hydrogen) atoms. The molecular weight excluding hydrogens is 430 g/mol. The summed E-state index contributed by atoms with van der Waals surface area (Å²) in [5, 5.41) is 5.75. The van der Waals surface area contributed by atoms with E-state index in [9.17, 15) is 14.4 Å². The largest absolute Gasteiger partial charge is 0.444 e. The summed E-state index contributed by atoms with van der Waals surface area (Å²) in [5.41, 5.74) is 0.388. The first-order valence-corrected chi connectivity index (χ1v) is 12.3. The van der Waals surface area contributed by atoms with Crippen LogP contribution >= 0.6 is 0 Å². The summed E-state index contributed by atoms with van der Waals surface area (Å²) in [6.07, 6.45) is 6.93. The lowest BCUT2D eigenvalue weighted by atomic mass is 10.0. The maximum atomic E-state index is 13.2. The first kappa shape index (κ1) is 27.4. The van der Waals surface area contributed by atoms with Crippen molar-refractivity contribution in [3.05, 3.63) is 48.0 Å². The first-order valence-electron chi connectivity index (χ1n) is 12.3. The zero-order valence-electron chi connectivity index (χ0n) is 21.3. The number of carbonyl (C=O) groups is 3. The zero-order valence-corrected chi connectivity index (χ0v) is 21.3. The van der Waals surface area contributed by atoms with Crippen molar-refractivity contribution in [3.8, 4) is 0 Å². The fourth-order valence-electron chi connectivity index (χ4n) is 3.89. The summed E-state index contributed by atoms with van der Waals surface area (Å²) in [6.45, 7) is 10.9. The molecule has 0 unspecified atom stereocenters. The third kappa shape index (κ3) is 10.4. The normalized spacial score (nSPS) is 16.2. The Morgan fingerprint density at radius 1 is 1.03 bits per heavy atom. The predicted octanol–water partition coefficient (Wildman–Crippen LogP) is 4.22. The van der Waals surface area contributed by atoms with Gasteiger partial charge in [-0.15, -0.1) is 0 Å². The monoisotopic (exact) mass is 471 g/mol. The van der Waals surface area contributed by atoms with Gasteiger partial charge in [0.05, 0.1) is 6.04 Å². The maximum absolute atomic E-state index is 13.2. The molecule has 0 bridgehead atoms. The average Bonchev–Trinajstić information content (AvgIpc) is 2.76. The molecule has 1 aliphatic heterocycles. The Morgan fingerprint density at radius 3 is 2.26 bits per heavy atom. The second-order valence-electron chi connectivity index (χ2n) is 10.4. The van der Waals surface area contributed by atoms with Crippen LogP contribution in [0.5, 0.6) is 0 Å². The molecule has 0 aromatic heterocycles. The number of nitrogens with zero attached hydrogens (tertiary/aromatic N) is 1. The third-order valence-corrected chi connectivity index (χ3v) is 5.48. The molecule has 0 spiro atoms. The number of alkyl carbamates (subject to hydrolysis) is 1. The van der Waals surface area contributed by atoms with Gasteiger partial charge in [0.25, 0.3) is 0 Å². The number of ether oxygens (including phenoxy) is 1. The van der Waals surface area contributed by atoms with Crippen LogP contribution in [0, 0.1) is 5.92 Å². The minimum absolute atomic E-state index is 0.0300. The average molecular weight is 472 g/mol. The SMILES string of the molecule is CC(C)C[C@H](NC(=O)OC(C)(C)C)C(=O)N[C@H](/C=C/C(=O)N1CCCCC1)Cc1ccccc1. The number of nitrogens with one attached hydrogen (secondary N) is 2. The zero-order chi connectivity index (χ0) is 25.1. The van der Waals surface area contributed by atoms with E-state index in [-0.39, 0.29) is 17.7 Å². The number of carbonyl (C=O) groups excluding carboxylic acids is 3. The molecule has 7 heteroatoms. The lowest BCUT2D eigenvalue weighted by Crippen LogP contribution is -2.51. The van der Waals surface area contributed by atoms with E-state index in [1.807, 2.05) is 49.1 Å². The summed E-state index contributed by atoms with van der Waals surface area (Å²) < 4.78 is 5.35. The number of piperidine rings is 1. The van der Waals surface area contributed by atoms with Crippen LogP contribution in [0.15, 0.2) is 42.5 Å². The third-order valence-electron chi connectivity index (χ3n) is 5.48. The number of hydrogen-bond acceptors (Lipinski definition) is 4. The van der Waals surface area contributed by atoms with Crippen LogP contribution in [-0.2, 0) is 20.7 Å². The molecule has 2 atom stereocenters. The molecule has 7 nitrogen and oxygen atoms in total. The highest BCUT2D eigenvalue weighted by atomic mass is 16.6. The minimum Gasteiger partial charge on any atom is -0.444 e. The smallest absolute Gasteiger partial charge is 0.408 e. The van der Waals surface area contributed by atoms with Crippen molar-refractivity contribution in [1.82, 2.24) is 15.5 Å². The Bertz CT molecular complexity index is 824. The van der Waals surface area contributed by atoms with Gasteiger partial charge in [0.1, 0.15) is 11.6 Å². The molecule has 2 rings (SSSR count). The highest BCUT2D eigenvalue weighted by Gasteiger charge is 2.26. The van der Waals surface area contributed by atoms with Gasteiger partial charge in [-0.3, -0.25) is 9.59 Å². The second kappa shape index (κ2) is 13.2. The molecular formula is C27H41N3O4. The highest BCUT2D eigenvalue weighted by Crippen LogP contribution is 2.12. The fourth-order valence-corrected chi connectivity index (χ4v) is 3.89. The standard InChI is InChI=1S/C27H41N3O4/c1-20(2)18-23(29-26(33)34-27(3,4)5)25(32)28-22(19-21-12-8-6-9-13-21)14-15-24(31)30-16-10-7-11-17-30/h6,8-9,12-15,20,22-23H,7,10-11,16-19H2,1-5H3,(H,28,32)(H,29,33)/b15-14+/t22-,23+/m1/s1. The number of hydrogen-bond donors (Lipinski definition) is 2. The molecule has 1 aromatic rings. The molecule has 3 amide bonds. The van der Waals surface area contributed by atoms with Crippen LogP contribution in [-0.4, -0.2) is 53.6 Å². The van der Waals surface area contributed by atoms with Gasteiger partial charge < -0.3 is 20.3 Å². The van der Waals surface area contributed by atoms with Crippen molar-refractivity contribution in [2.75, 3.05) is 13.1 Å². The van der Waals surface area contributed by atoms with Crippen LogP contribution in [0.4, 0.5) is 4.79 Å². The van der Waals surface area contributed by atoms with Crippen molar-refractivity contribution in [2.24, 2.45) is 5.92 Å². The predicted molar refractivity (Wildman–Crippen MR) is 134 cm³/mol. The van der Waals surface area contributed by atoms with Crippen molar-refractivity contribution < 1.29 is 19.1 Å². The van der Waals surface area contributed by atoms with E-state index < -0.39 is 23.8 Å². The first-order chi connectivity index (χ1) is 16.0. The van der Waals surface area contributed by atoms with Gasteiger partial charge in [-0.2, -0.15) is 0 Å². The Morgan fingerprint density at radius 2 is 1.68 bits per heavy atom. The van der Waals surface area contributed by atoms with Crippen molar-refractivity contribution in [3.63, 3.8) is 0 Å². The van der Waals surface area contributed by atoms with E-state index in [1.54, 1.807) is 32.9 Å². The van der Waals surface area contributed by atoms with Crippen LogP contribution < -0.4 is 10.6 Å².